The van der Waals surface area contributed by atoms with Crippen molar-refractivity contribution in [2.24, 2.45) is 5.92 Å². The van der Waals surface area contributed by atoms with E-state index >= 15 is 0 Å². The van der Waals surface area contributed by atoms with E-state index in [4.69, 9.17) is 0 Å². The first-order chi connectivity index (χ1) is 15.1. The van der Waals surface area contributed by atoms with Gasteiger partial charge in [0.25, 0.3) is 0 Å². The van der Waals surface area contributed by atoms with Gasteiger partial charge in [0.15, 0.2) is 11.6 Å². The van der Waals surface area contributed by atoms with Crippen molar-refractivity contribution in [2.75, 3.05) is 52.4 Å². The van der Waals surface area contributed by atoms with Gasteiger partial charge >= 0.3 is 0 Å². The number of Topliss-reactive ketones (excluding diaryl/α,β-unsaturated/α-hetero) is 2. The van der Waals surface area contributed by atoms with Crippen molar-refractivity contribution < 1.29 is 9.59 Å². The second-order valence-electron chi connectivity index (χ2n) is 8.99. The zero-order valence-corrected chi connectivity index (χ0v) is 18.5. The Kier molecular flexibility index (Phi) is 7.28. The number of nitrogens with one attached hydrogen (secondary N) is 1. The van der Waals surface area contributed by atoms with Crippen LogP contribution in [0, 0.1) is 5.92 Å². The van der Waals surface area contributed by atoms with Gasteiger partial charge in [0, 0.05) is 37.3 Å². The Labute approximate surface area is 185 Å². The monoisotopic (exact) mass is 419 g/mol. The second-order valence-corrected chi connectivity index (χ2v) is 8.99. The van der Waals surface area contributed by atoms with Gasteiger partial charge in [-0.25, -0.2) is 0 Å². The third kappa shape index (κ3) is 5.88. The fourth-order valence-corrected chi connectivity index (χ4v) is 4.38. The zero-order chi connectivity index (χ0) is 21.6. The van der Waals surface area contributed by atoms with Gasteiger partial charge in [-0.1, -0.05) is 55.5 Å². The smallest absolute Gasteiger partial charge is 0.176 e. The van der Waals surface area contributed by atoms with Crippen LogP contribution in [0.5, 0.6) is 0 Å². The highest BCUT2D eigenvalue weighted by molar-refractivity contribution is 5.99. The molecule has 5 heteroatoms. The topological polar surface area (TPSA) is 52.7 Å². The van der Waals surface area contributed by atoms with Gasteiger partial charge in [0.2, 0.25) is 0 Å². The number of hydrogen-bond acceptors (Lipinski definition) is 5. The molecule has 0 aromatic heterocycles. The minimum absolute atomic E-state index is 0.168. The summed E-state index contributed by atoms with van der Waals surface area (Å²) in [6.45, 7) is 9.05. The quantitative estimate of drug-likeness (QED) is 0.698. The first-order valence-electron chi connectivity index (χ1n) is 11.5. The summed E-state index contributed by atoms with van der Waals surface area (Å²) in [5.74, 6) is 1.13. The van der Waals surface area contributed by atoms with Gasteiger partial charge in [-0.3, -0.25) is 19.4 Å². The van der Waals surface area contributed by atoms with Gasteiger partial charge in [-0.15, -0.1) is 0 Å². The summed E-state index contributed by atoms with van der Waals surface area (Å²) < 4.78 is 0. The highest BCUT2D eigenvalue weighted by Crippen LogP contribution is 2.22. The fourth-order valence-electron chi connectivity index (χ4n) is 4.38. The van der Waals surface area contributed by atoms with E-state index in [9.17, 15) is 9.59 Å². The predicted molar refractivity (Wildman–Crippen MR) is 125 cm³/mol. The number of piperazine rings is 1. The molecule has 0 amide bonds. The van der Waals surface area contributed by atoms with E-state index in [1.165, 1.54) is 12.8 Å². The number of nitrogens with zero attached hydrogens (tertiary/aromatic N) is 2. The fraction of sp³-hybridized carbons (Fsp3) is 0.462. The Morgan fingerprint density at radius 2 is 1.16 bits per heavy atom. The molecule has 164 valence electrons. The maximum Gasteiger partial charge on any atom is 0.176 e. The standard InChI is InChI=1S/C26H33N3O2/c1-20-10-14-28(15-11-20)18-25(30)23-6-2-21(3-7-23)22-4-8-24(9-5-22)26(31)19-29-16-12-27-13-17-29/h2-9,20,27H,10-19H2,1H3. The molecule has 2 saturated heterocycles. The number of carbonyl (C=O) groups is 2. The average molecular weight is 420 g/mol. The SMILES string of the molecule is CC1CCN(CC(=O)c2ccc(-c3ccc(C(=O)CN4CCNCC4)cc3)cc2)CC1. The maximum atomic E-state index is 12.6. The maximum absolute atomic E-state index is 12.6. The molecule has 5 nitrogen and oxygen atoms in total. The van der Waals surface area contributed by atoms with Crippen LogP contribution >= 0.6 is 0 Å². The minimum atomic E-state index is 0.168. The van der Waals surface area contributed by atoms with E-state index in [-0.39, 0.29) is 11.6 Å². The number of hydrogen-bond donors (Lipinski definition) is 1. The molecule has 2 aliphatic rings. The van der Waals surface area contributed by atoms with Gasteiger partial charge in [0.05, 0.1) is 13.1 Å². The summed E-state index contributed by atoms with van der Waals surface area (Å²) in [6, 6.07) is 15.7. The number of benzene rings is 2. The molecule has 2 aromatic rings. The first-order valence-corrected chi connectivity index (χ1v) is 11.5. The molecule has 0 unspecified atom stereocenters. The van der Waals surface area contributed by atoms with Crippen molar-refractivity contribution in [1.29, 1.82) is 0 Å². The molecule has 31 heavy (non-hydrogen) atoms. The molecule has 0 atom stereocenters. The Bertz CT molecular complexity index is 878. The highest BCUT2D eigenvalue weighted by Gasteiger charge is 2.19. The first kappa shape index (κ1) is 21.9. The minimum Gasteiger partial charge on any atom is -0.314 e. The molecule has 0 aliphatic carbocycles. The molecule has 2 aromatic carbocycles. The Hall–Kier alpha value is -2.34. The summed E-state index contributed by atoms with van der Waals surface area (Å²) in [5, 5.41) is 3.31. The van der Waals surface area contributed by atoms with Crippen molar-refractivity contribution >= 4 is 11.6 Å². The summed E-state index contributed by atoms with van der Waals surface area (Å²) in [7, 11) is 0. The lowest BCUT2D eigenvalue weighted by Gasteiger charge is -2.29. The van der Waals surface area contributed by atoms with Crippen LogP contribution in [0.4, 0.5) is 0 Å². The third-order valence-electron chi connectivity index (χ3n) is 6.57. The van der Waals surface area contributed by atoms with Gasteiger partial charge in [-0.2, -0.15) is 0 Å². The second kappa shape index (κ2) is 10.3. The van der Waals surface area contributed by atoms with Gasteiger partial charge in [0.1, 0.15) is 0 Å². The number of piperidine rings is 1. The van der Waals surface area contributed by atoms with E-state index < -0.39 is 0 Å². The molecule has 0 bridgehead atoms. The van der Waals surface area contributed by atoms with Gasteiger partial charge < -0.3 is 5.32 Å². The number of likely N-dealkylation sites (tertiary alicyclic amines) is 1. The summed E-state index contributed by atoms with van der Waals surface area (Å²) in [4.78, 5) is 29.7. The van der Waals surface area contributed by atoms with Crippen LogP contribution < -0.4 is 5.32 Å². The Morgan fingerprint density at radius 1 is 0.742 bits per heavy atom. The molecular formula is C26H33N3O2. The van der Waals surface area contributed by atoms with Crippen molar-refractivity contribution in [1.82, 2.24) is 15.1 Å². The zero-order valence-electron chi connectivity index (χ0n) is 18.5. The summed E-state index contributed by atoms with van der Waals surface area (Å²) in [5.41, 5.74) is 3.64. The largest absolute Gasteiger partial charge is 0.314 e. The van der Waals surface area contributed by atoms with Crippen LogP contribution in [0.3, 0.4) is 0 Å². The van der Waals surface area contributed by atoms with Crippen LogP contribution in [-0.2, 0) is 0 Å². The predicted octanol–water partition coefficient (Wildman–Crippen LogP) is 3.36. The van der Waals surface area contributed by atoms with Crippen LogP contribution in [0.15, 0.2) is 48.5 Å². The molecule has 1 N–H and O–H groups in total. The molecule has 0 spiro atoms. The Morgan fingerprint density at radius 3 is 1.61 bits per heavy atom. The number of ketones is 2. The molecule has 2 aliphatic heterocycles. The lowest BCUT2D eigenvalue weighted by molar-refractivity contribution is 0.0897. The van der Waals surface area contributed by atoms with E-state index in [2.05, 4.69) is 22.0 Å². The molecule has 0 saturated carbocycles. The third-order valence-corrected chi connectivity index (χ3v) is 6.57. The van der Waals surface area contributed by atoms with E-state index in [1.54, 1.807) is 0 Å². The average Bonchev–Trinajstić information content (AvgIpc) is 2.81. The van der Waals surface area contributed by atoms with Crippen molar-refractivity contribution in [3.05, 3.63) is 59.7 Å². The lowest BCUT2D eigenvalue weighted by atomic mass is 9.98. The summed E-state index contributed by atoms with van der Waals surface area (Å²) >= 11 is 0. The molecule has 2 fully saturated rings. The highest BCUT2D eigenvalue weighted by atomic mass is 16.1. The van der Waals surface area contributed by atoms with Crippen LogP contribution in [-0.4, -0.2) is 73.7 Å². The normalized spacial score (nSPS) is 18.7. The van der Waals surface area contributed by atoms with Crippen molar-refractivity contribution in [3.63, 3.8) is 0 Å². The van der Waals surface area contributed by atoms with Crippen molar-refractivity contribution in [3.8, 4) is 11.1 Å². The summed E-state index contributed by atoms with van der Waals surface area (Å²) in [6.07, 6.45) is 2.36. The van der Waals surface area contributed by atoms with Gasteiger partial charge in [-0.05, 0) is 43.0 Å². The van der Waals surface area contributed by atoms with Crippen LogP contribution in [0.2, 0.25) is 0 Å². The number of rotatable bonds is 7. The number of carbonyl (C=O) groups excluding carboxylic acids is 2. The molecule has 2 heterocycles. The molecule has 4 rings (SSSR count). The van der Waals surface area contributed by atoms with E-state index in [0.717, 1.165) is 67.4 Å². The van der Waals surface area contributed by atoms with E-state index in [1.807, 2.05) is 48.5 Å². The lowest BCUT2D eigenvalue weighted by Crippen LogP contribution is -2.45. The molecular weight excluding hydrogens is 386 g/mol. The van der Waals surface area contributed by atoms with E-state index in [0.29, 0.717) is 13.1 Å². The van der Waals surface area contributed by atoms with Crippen LogP contribution in [0.1, 0.15) is 40.5 Å². The molecule has 0 radical (unpaired) electrons. The van der Waals surface area contributed by atoms with Crippen LogP contribution in [0.25, 0.3) is 11.1 Å². The van der Waals surface area contributed by atoms with Crippen molar-refractivity contribution in [2.45, 2.75) is 19.8 Å². The Balaban J connectivity index is 1.34.